The van der Waals surface area contributed by atoms with Crippen LogP contribution in [0.15, 0.2) is 41.1 Å². The molecule has 102 valence electrons. The molecule has 2 aromatic rings. The van der Waals surface area contributed by atoms with Crippen molar-refractivity contribution in [2.45, 2.75) is 0 Å². The summed E-state index contributed by atoms with van der Waals surface area (Å²) in [6.45, 7) is 0. The third-order valence-electron chi connectivity index (χ3n) is 2.47. The van der Waals surface area contributed by atoms with Gasteiger partial charge in [-0.2, -0.15) is 0 Å². The second kappa shape index (κ2) is 6.02. The molecular formula is C13H8BrClN2O3. The van der Waals surface area contributed by atoms with Crippen molar-refractivity contribution in [3.8, 4) is 0 Å². The third kappa shape index (κ3) is 3.15. The van der Waals surface area contributed by atoms with Gasteiger partial charge in [-0.1, -0.05) is 27.5 Å². The van der Waals surface area contributed by atoms with Gasteiger partial charge in [-0.25, -0.2) is 4.79 Å². The Morgan fingerprint density at radius 3 is 2.65 bits per heavy atom. The van der Waals surface area contributed by atoms with E-state index in [2.05, 4.69) is 26.2 Å². The summed E-state index contributed by atoms with van der Waals surface area (Å²) in [6, 6.07) is 6.02. The number of carbonyl (C=O) groups excluding carboxylic acids is 1. The summed E-state index contributed by atoms with van der Waals surface area (Å²) in [6.07, 6.45) is 2.78. The molecule has 0 saturated carbocycles. The SMILES string of the molecule is O=C(Nc1ccc(Br)cc1C(=O)O)c1cnccc1Cl. The minimum absolute atomic E-state index is 0.0206. The Hall–Kier alpha value is -1.92. The first kappa shape index (κ1) is 14.5. The number of nitrogens with one attached hydrogen (secondary N) is 1. The molecule has 1 aromatic heterocycles. The number of aromatic carboxylic acids is 1. The van der Waals surface area contributed by atoms with Crippen LogP contribution in [0.25, 0.3) is 0 Å². The van der Waals surface area contributed by atoms with Gasteiger partial charge in [0.1, 0.15) is 0 Å². The number of anilines is 1. The molecule has 0 radical (unpaired) electrons. The van der Waals surface area contributed by atoms with Crippen LogP contribution in [0.4, 0.5) is 5.69 Å². The van der Waals surface area contributed by atoms with Crippen molar-refractivity contribution in [1.29, 1.82) is 0 Å². The van der Waals surface area contributed by atoms with Gasteiger partial charge in [-0.05, 0) is 24.3 Å². The summed E-state index contributed by atoms with van der Waals surface area (Å²) >= 11 is 9.07. The van der Waals surface area contributed by atoms with Gasteiger partial charge in [0.15, 0.2) is 0 Å². The predicted molar refractivity (Wildman–Crippen MR) is 78.3 cm³/mol. The van der Waals surface area contributed by atoms with E-state index in [1.54, 1.807) is 6.07 Å². The first-order chi connectivity index (χ1) is 9.49. The summed E-state index contributed by atoms with van der Waals surface area (Å²) in [5.41, 5.74) is 0.340. The third-order valence-corrected chi connectivity index (χ3v) is 3.30. The molecule has 2 N–H and O–H groups in total. The number of carboxylic acids is 1. The maximum absolute atomic E-state index is 12.1. The normalized spacial score (nSPS) is 10.1. The van der Waals surface area contributed by atoms with Crippen molar-refractivity contribution < 1.29 is 14.7 Å². The van der Waals surface area contributed by atoms with E-state index in [1.807, 2.05) is 0 Å². The van der Waals surface area contributed by atoms with Crippen molar-refractivity contribution in [3.63, 3.8) is 0 Å². The Morgan fingerprint density at radius 1 is 1.25 bits per heavy atom. The highest BCUT2D eigenvalue weighted by atomic mass is 79.9. The van der Waals surface area contributed by atoms with Gasteiger partial charge in [0.2, 0.25) is 0 Å². The number of carbonyl (C=O) groups is 2. The number of aromatic nitrogens is 1. The van der Waals surface area contributed by atoms with Gasteiger partial charge < -0.3 is 10.4 Å². The molecule has 2 rings (SSSR count). The molecule has 7 heteroatoms. The monoisotopic (exact) mass is 354 g/mol. The van der Waals surface area contributed by atoms with E-state index in [-0.39, 0.29) is 21.8 Å². The fourth-order valence-corrected chi connectivity index (χ4v) is 2.09. The van der Waals surface area contributed by atoms with E-state index in [0.29, 0.717) is 4.47 Å². The zero-order valence-corrected chi connectivity index (χ0v) is 12.3. The van der Waals surface area contributed by atoms with Crippen LogP contribution < -0.4 is 5.32 Å². The van der Waals surface area contributed by atoms with Crippen molar-refractivity contribution in [1.82, 2.24) is 4.98 Å². The quantitative estimate of drug-likeness (QED) is 0.884. The summed E-state index contributed by atoms with van der Waals surface area (Å²) in [4.78, 5) is 27.0. The molecule has 0 bridgehead atoms. The lowest BCUT2D eigenvalue weighted by atomic mass is 10.1. The Balaban J connectivity index is 2.33. The average molecular weight is 356 g/mol. The molecule has 1 amide bonds. The van der Waals surface area contributed by atoms with E-state index in [4.69, 9.17) is 16.7 Å². The standard InChI is InChI=1S/C13H8BrClN2O3/c14-7-1-2-11(8(5-7)13(19)20)17-12(18)9-6-16-4-3-10(9)15/h1-6H,(H,17,18)(H,19,20). The van der Waals surface area contributed by atoms with Crippen molar-refractivity contribution >= 4 is 45.1 Å². The van der Waals surface area contributed by atoms with Gasteiger partial charge in [-0.3, -0.25) is 9.78 Å². The fourth-order valence-electron chi connectivity index (χ4n) is 1.54. The Labute approximate surface area is 127 Å². The van der Waals surface area contributed by atoms with Crippen molar-refractivity contribution in [3.05, 3.63) is 57.3 Å². The molecule has 1 aromatic carbocycles. The molecule has 0 saturated heterocycles. The molecule has 0 unspecified atom stereocenters. The van der Waals surface area contributed by atoms with Crippen LogP contribution in [0.3, 0.4) is 0 Å². The number of amides is 1. The zero-order chi connectivity index (χ0) is 14.7. The highest BCUT2D eigenvalue weighted by Gasteiger charge is 2.15. The number of carboxylic acid groups (broad SMARTS) is 1. The van der Waals surface area contributed by atoms with Crippen LogP contribution in [-0.4, -0.2) is 22.0 Å². The number of pyridine rings is 1. The van der Waals surface area contributed by atoms with Crippen molar-refractivity contribution in [2.75, 3.05) is 5.32 Å². The number of nitrogens with zero attached hydrogens (tertiary/aromatic N) is 1. The largest absolute Gasteiger partial charge is 0.478 e. The van der Waals surface area contributed by atoms with Crippen LogP contribution >= 0.6 is 27.5 Å². The molecule has 0 aliphatic carbocycles. The van der Waals surface area contributed by atoms with Gasteiger partial charge >= 0.3 is 5.97 Å². The first-order valence-electron chi connectivity index (χ1n) is 5.42. The minimum atomic E-state index is -1.14. The van der Waals surface area contributed by atoms with Crippen molar-refractivity contribution in [2.24, 2.45) is 0 Å². The summed E-state index contributed by atoms with van der Waals surface area (Å²) in [5.74, 6) is -1.66. The highest BCUT2D eigenvalue weighted by molar-refractivity contribution is 9.10. The topological polar surface area (TPSA) is 79.3 Å². The Kier molecular flexibility index (Phi) is 4.36. The van der Waals surface area contributed by atoms with Crippen LogP contribution in [-0.2, 0) is 0 Å². The molecule has 0 atom stereocenters. The van der Waals surface area contributed by atoms with Crippen LogP contribution in [0.5, 0.6) is 0 Å². The Morgan fingerprint density at radius 2 is 2.00 bits per heavy atom. The lowest BCUT2D eigenvalue weighted by Gasteiger charge is -2.09. The molecule has 1 heterocycles. The first-order valence-corrected chi connectivity index (χ1v) is 6.60. The molecular weight excluding hydrogens is 348 g/mol. The second-order valence-corrected chi connectivity index (χ2v) is 5.13. The van der Waals surface area contributed by atoms with Gasteiger partial charge in [0, 0.05) is 16.9 Å². The zero-order valence-electron chi connectivity index (χ0n) is 9.93. The minimum Gasteiger partial charge on any atom is -0.478 e. The highest BCUT2D eigenvalue weighted by Crippen LogP contribution is 2.23. The molecule has 20 heavy (non-hydrogen) atoms. The van der Waals surface area contributed by atoms with Crippen LogP contribution in [0.1, 0.15) is 20.7 Å². The lowest BCUT2D eigenvalue weighted by molar-refractivity contribution is 0.0698. The number of rotatable bonds is 3. The van der Waals surface area contributed by atoms with E-state index in [9.17, 15) is 9.59 Å². The Bertz CT molecular complexity index is 691. The summed E-state index contributed by atoms with van der Waals surface area (Å²) in [7, 11) is 0. The smallest absolute Gasteiger partial charge is 0.337 e. The second-order valence-electron chi connectivity index (χ2n) is 3.80. The maximum atomic E-state index is 12.1. The molecule has 0 aliphatic rings. The van der Waals surface area contributed by atoms with E-state index < -0.39 is 11.9 Å². The van der Waals surface area contributed by atoms with E-state index in [1.165, 1.54) is 30.6 Å². The lowest BCUT2D eigenvalue weighted by Crippen LogP contribution is -2.15. The average Bonchev–Trinajstić information content (AvgIpc) is 2.41. The number of hydrogen-bond acceptors (Lipinski definition) is 3. The number of halogens is 2. The van der Waals surface area contributed by atoms with Crippen LogP contribution in [0, 0.1) is 0 Å². The number of hydrogen-bond donors (Lipinski definition) is 2. The van der Waals surface area contributed by atoms with E-state index in [0.717, 1.165) is 0 Å². The summed E-state index contributed by atoms with van der Waals surface area (Å²) in [5, 5.41) is 11.9. The maximum Gasteiger partial charge on any atom is 0.337 e. The molecule has 5 nitrogen and oxygen atoms in total. The number of benzene rings is 1. The summed E-state index contributed by atoms with van der Waals surface area (Å²) < 4.78 is 0.604. The van der Waals surface area contributed by atoms with Gasteiger partial charge in [0.25, 0.3) is 5.91 Å². The molecule has 0 fully saturated rings. The van der Waals surface area contributed by atoms with E-state index >= 15 is 0 Å². The predicted octanol–water partition coefficient (Wildman–Crippen LogP) is 3.45. The molecule has 0 spiro atoms. The molecule has 0 aliphatic heterocycles. The van der Waals surface area contributed by atoms with Gasteiger partial charge in [-0.15, -0.1) is 0 Å². The van der Waals surface area contributed by atoms with Gasteiger partial charge in [0.05, 0.1) is 21.8 Å². The fraction of sp³-hybridized carbons (Fsp3) is 0. The van der Waals surface area contributed by atoms with Crippen LogP contribution in [0.2, 0.25) is 5.02 Å².